The molecule has 4 N–H and O–H groups in total. The van der Waals surface area contributed by atoms with Gasteiger partial charge in [-0.15, -0.1) is 0 Å². The Labute approximate surface area is 84.4 Å². The Morgan fingerprint density at radius 2 is 2.46 bits per heavy atom. The van der Waals surface area contributed by atoms with Gasteiger partial charge in [-0.3, -0.25) is 14.6 Å². The van der Waals surface area contributed by atoms with Gasteiger partial charge in [0.15, 0.2) is 0 Å². The average Bonchev–Trinajstić information content (AvgIpc) is 2.44. The highest BCUT2D eigenvalue weighted by Gasteiger charge is 2.29. The number of nitrogens with one attached hydrogen (secondary N) is 2. The van der Waals surface area contributed by atoms with E-state index >= 15 is 0 Å². The van der Waals surface area contributed by atoms with Gasteiger partial charge in [0.2, 0.25) is 5.91 Å². The third-order valence-electron chi connectivity index (χ3n) is 2.09. The average molecular weight is 200 g/mol. The molecule has 3 amide bonds. The zero-order valence-electron chi connectivity index (χ0n) is 7.54. The number of hydrogen-bond donors (Lipinski definition) is 3. The maximum Gasteiger partial charge on any atom is 0.366 e. The van der Waals surface area contributed by atoms with Gasteiger partial charge in [0, 0.05) is 13.1 Å². The van der Waals surface area contributed by atoms with Crippen LogP contribution in [0, 0.1) is 5.92 Å². The van der Waals surface area contributed by atoms with E-state index in [-0.39, 0.29) is 17.9 Å². The molecule has 0 radical (unpaired) electrons. The minimum absolute atomic E-state index is 0.0892. The second-order valence-corrected chi connectivity index (χ2v) is 3.48. The summed E-state index contributed by atoms with van der Waals surface area (Å²) in [4.78, 5) is 22.1. The lowest BCUT2D eigenvalue weighted by molar-refractivity contribution is -0.131. The minimum atomic E-state index is -0.213. The highest BCUT2D eigenvalue weighted by molar-refractivity contribution is 6.13. The fourth-order valence-electron chi connectivity index (χ4n) is 1.26. The summed E-state index contributed by atoms with van der Waals surface area (Å²) in [5.74, 6) is 5.13. The van der Waals surface area contributed by atoms with Crippen molar-refractivity contribution in [2.75, 3.05) is 13.1 Å². The summed E-state index contributed by atoms with van der Waals surface area (Å²) < 4.78 is 2.55. The number of nitrogens with two attached hydrogens (primary N) is 1. The van der Waals surface area contributed by atoms with Crippen molar-refractivity contribution < 1.29 is 9.59 Å². The summed E-state index contributed by atoms with van der Waals surface area (Å²) in [5.41, 5.74) is 0. The molecule has 0 spiro atoms. The third kappa shape index (κ3) is 2.59. The van der Waals surface area contributed by atoms with Crippen LogP contribution in [0.3, 0.4) is 0 Å². The number of hydrogen-bond acceptors (Lipinski definition) is 3. The first-order valence-corrected chi connectivity index (χ1v) is 5.17. The Hall–Kier alpha value is -0.768. The van der Waals surface area contributed by atoms with Crippen molar-refractivity contribution >= 4 is 28.4 Å². The molecule has 1 saturated heterocycles. The van der Waals surface area contributed by atoms with Crippen molar-refractivity contribution in [2.24, 2.45) is 11.8 Å². The van der Waals surface area contributed by atoms with Gasteiger partial charge < -0.3 is 9.62 Å². The minimum Gasteiger partial charge on any atom is -0.435 e. The highest BCUT2D eigenvalue weighted by atomic mass is 27.1. The fraction of sp³-hybridized carbons (Fsp3) is 0.667. The summed E-state index contributed by atoms with van der Waals surface area (Å²) in [6.45, 7) is 0.953. The summed E-state index contributed by atoms with van der Waals surface area (Å²) in [6.07, 6.45) is 0.719. The molecule has 7 heteroatoms. The SMILES string of the molecule is NN1CCC(CNC(=O)[NH][AlH2])C1=O. The first-order chi connectivity index (χ1) is 6.15. The molecule has 1 aliphatic rings. The summed E-state index contributed by atoms with van der Waals surface area (Å²) >= 11 is 0.610. The number of hydrazine groups is 1. The molecule has 13 heavy (non-hydrogen) atoms. The molecule has 0 aromatic rings. The second-order valence-electron chi connectivity index (χ2n) is 2.98. The van der Waals surface area contributed by atoms with Crippen LogP contribution in [-0.4, -0.2) is 46.5 Å². The Balaban J connectivity index is 2.30. The number of rotatable bonds is 2. The quantitative estimate of drug-likeness (QED) is 0.263. The molecule has 0 bridgehead atoms. The molecule has 1 fully saturated rings. The molecule has 1 unspecified atom stereocenters. The molecule has 1 aliphatic heterocycles. The van der Waals surface area contributed by atoms with E-state index in [1.54, 1.807) is 0 Å². The van der Waals surface area contributed by atoms with Gasteiger partial charge in [0.1, 0.15) is 0 Å². The largest absolute Gasteiger partial charge is 0.435 e. The number of urea groups is 1. The van der Waals surface area contributed by atoms with E-state index < -0.39 is 0 Å². The topological polar surface area (TPSA) is 87.5 Å². The van der Waals surface area contributed by atoms with E-state index in [1.165, 1.54) is 5.01 Å². The predicted octanol–water partition coefficient (Wildman–Crippen LogP) is -2.44. The first kappa shape index (κ1) is 10.3. The Kier molecular flexibility index (Phi) is 3.54. The normalized spacial score (nSPS) is 21.8. The van der Waals surface area contributed by atoms with Gasteiger partial charge in [-0.25, -0.2) is 5.84 Å². The van der Waals surface area contributed by atoms with Crippen molar-refractivity contribution in [1.82, 2.24) is 14.6 Å². The van der Waals surface area contributed by atoms with Crippen LogP contribution < -0.4 is 15.5 Å². The smallest absolute Gasteiger partial charge is 0.366 e. The van der Waals surface area contributed by atoms with Crippen LogP contribution >= 0.6 is 0 Å². The van der Waals surface area contributed by atoms with Gasteiger partial charge >= 0.3 is 16.5 Å². The molecule has 1 heterocycles. The second kappa shape index (κ2) is 4.46. The molecular weight excluding hydrogens is 187 g/mol. The molecule has 6 nitrogen and oxygen atoms in total. The number of amides is 3. The Morgan fingerprint density at radius 1 is 1.77 bits per heavy atom. The zero-order valence-corrected chi connectivity index (χ0v) is 9.54. The van der Waals surface area contributed by atoms with E-state index in [0.717, 1.165) is 6.42 Å². The van der Waals surface area contributed by atoms with E-state index in [2.05, 4.69) is 9.62 Å². The third-order valence-corrected chi connectivity index (χ3v) is 2.54. The van der Waals surface area contributed by atoms with E-state index in [0.29, 0.717) is 29.6 Å². The number of carbonyl (C=O) groups excluding carboxylic acids is 2. The maximum absolute atomic E-state index is 11.2. The standard InChI is InChI=1S/C6H12N4O2.Al.2H/c7-6(12)9-3-4-1-2-10(8)5(4)11;;;/h4H,1-3,8H2,(H3,7,9,12);;;/q;+1;;/p-1. The molecule has 0 aromatic heterocycles. The van der Waals surface area contributed by atoms with Crippen molar-refractivity contribution in [3.8, 4) is 0 Å². The van der Waals surface area contributed by atoms with Crippen molar-refractivity contribution in [3.63, 3.8) is 0 Å². The molecule has 72 valence electrons. The molecule has 0 aliphatic carbocycles. The molecular formula is C6H13AlN4O2. The summed E-state index contributed by atoms with van der Waals surface area (Å²) in [6, 6.07) is -0.213. The van der Waals surface area contributed by atoms with E-state index in [1.807, 2.05) is 0 Å². The van der Waals surface area contributed by atoms with Gasteiger partial charge in [-0.2, -0.15) is 0 Å². The van der Waals surface area contributed by atoms with Crippen molar-refractivity contribution in [2.45, 2.75) is 6.42 Å². The molecule has 0 aromatic carbocycles. The lowest BCUT2D eigenvalue weighted by atomic mass is 10.1. The van der Waals surface area contributed by atoms with E-state index in [4.69, 9.17) is 5.84 Å². The van der Waals surface area contributed by atoms with Gasteiger partial charge in [-0.1, -0.05) is 0 Å². The number of nitrogens with zero attached hydrogens (tertiary/aromatic N) is 1. The van der Waals surface area contributed by atoms with Crippen LogP contribution in [0.1, 0.15) is 6.42 Å². The monoisotopic (exact) mass is 200 g/mol. The van der Waals surface area contributed by atoms with Gasteiger partial charge in [-0.05, 0) is 6.42 Å². The predicted molar refractivity (Wildman–Crippen MR) is 49.1 cm³/mol. The fourth-order valence-corrected chi connectivity index (χ4v) is 1.43. The Morgan fingerprint density at radius 3 is 2.92 bits per heavy atom. The summed E-state index contributed by atoms with van der Waals surface area (Å²) in [5, 5.41) is 3.81. The lowest BCUT2D eigenvalue weighted by Gasteiger charge is -2.10. The lowest BCUT2D eigenvalue weighted by Crippen LogP contribution is -2.40. The Bertz CT molecular complexity index is 223. The van der Waals surface area contributed by atoms with Gasteiger partial charge in [0.25, 0.3) is 6.03 Å². The maximum atomic E-state index is 11.2. The molecule has 0 saturated carbocycles. The van der Waals surface area contributed by atoms with Crippen LogP contribution in [0.15, 0.2) is 0 Å². The highest BCUT2D eigenvalue weighted by Crippen LogP contribution is 2.13. The van der Waals surface area contributed by atoms with E-state index in [9.17, 15) is 9.59 Å². The molecule has 1 rings (SSSR count). The van der Waals surface area contributed by atoms with Crippen molar-refractivity contribution in [1.29, 1.82) is 0 Å². The molecule has 1 atom stereocenters. The first-order valence-electron chi connectivity index (χ1n) is 4.17. The van der Waals surface area contributed by atoms with Crippen molar-refractivity contribution in [3.05, 3.63) is 0 Å². The van der Waals surface area contributed by atoms with Crippen LogP contribution in [-0.2, 0) is 4.79 Å². The van der Waals surface area contributed by atoms with Gasteiger partial charge in [0.05, 0.1) is 5.92 Å². The van der Waals surface area contributed by atoms with Crippen LogP contribution in [0.25, 0.3) is 0 Å². The van der Waals surface area contributed by atoms with Crippen LogP contribution in [0.2, 0.25) is 0 Å². The van der Waals surface area contributed by atoms with Crippen LogP contribution in [0.5, 0.6) is 0 Å². The zero-order chi connectivity index (χ0) is 9.84. The summed E-state index contributed by atoms with van der Waals surface area (Å²) in [7, 11) is 0. The van der Waals surface area contributed by atoms with Crippen LogP contribution in [0.4, 0.5) is 4.79 Å². The number of carbonyl (C=O) groups is 2.